The molecule has 0 bridgehead atoms. The molecular formula is C14H17N5O. The Balaban J connectivity index is 1.92. The Kier molecular flexibility index (Phi) is 3.45. The Hall–Kier alpha value is -2.24. The lowest BCUT2D eigenvalue weighted by Gasteiger charge is -2.31. The summed E-state index contributed by atoms with van der Waals surface area (Å²) in [6.45, 7) is 3.81. The fraction of sp³-hybridized carbons (Fsp3) is 0.429. The summed E-state index contributed by atoms with van der Waals surface area (Å²) < 4.78 is 1.53. The van der Waals surface area contributed by atoms with Gasteiger partial charge in [-0.1, -0.05) is 6.92 Å². The van der Waals surface area contributed by atoms with Gasteiger partial charge in [-0.15, -0.1) is 0 Å². The van der Waals surface area contributed by atoms with Gasteiger partial charge in [0.1, 0.15) is 12.7 Å². The summed E-state index contributed by atoms with van der Waals surface area (Å²) in [4.78, 5) is 22.8. The summed E-state index contributed by atoms with van der Waals surface area (Å²) in [5.74, 6) is 1.11. The van der Waals surface area contributed by atoms with Crippen LogP contribution in [-0.4, -0.2) is 43.6 Å². The van der Waals surface area contributed by atoms with Gasteiger partial charge in [0.05, 0.1) is 5.56 Å². The van der Waals surface area contributed by atoms with Gasteiger partial charge in [0.25, 0.3) is 5.91 Å². The maximum atomic E-state index is 12.7. The Morgan fingerprint density at radius 3 is 3.10 bits per heavy atom. The third-order valence-corrected chi connectivity index (χ3v) is 3.60. The third kappa shape index (κ3) is 2.41. The molecule has 1 fully saturated rings. The van der Waals surface area contributed by atoms with Crippen LogP contribution in [0.4, 0.5) is 0 Å². The van der Waals surface area contributed by atoms with Gasteiger partial charge in [0.15, 0.2) is 5.82 Å². The number of carbonyl (C=O) groups is 1. The van der Waals surface area contributed by atoms with E-state index in [1.165, 1.54) is 17.4 Å². The summed E-state index contributed by atoms with van der Waals surface area (Å²) in [7, 11) is 0. The van der Waals surface area contributed by atoms with Crippen LogP contribution in [0, 0.1) is 5.92 Å². The quantitative estimate of drug-likeness (QED) is 0.831. The van der Waals surface area contributed by atoms with Gasteiger partial charge in [-0.2, -0.15) is 5.10 Å². The van der Waals surface area contributed by atoms with Gasteiger partial charge in [-0.3, -0.25) is 4.79 Å². The number of piperidine rings is 1. The minimum absolute atomic E-state index is 0.0233. The van der Waals surface area contributed by atoms with E-state index in [9.17, 15) is 4.79 Å². The molecule has 0 aromatic carbocycles. The maximum absolute atomic E-state index is 12.7. The molecule has 0 radical (unpaired) electrons. The van der Waals surface area contributed by atoms with Gasteiger partial charge in [0, 0.05) is 19.3 Å². The van der Waals surface area contributed by atoms with Crippen molar-refractivity contribution >= 4 is 5.91 Å². The van der Waals surface area contributed by atoms with Crippen molar-refractivity contribution in [2.45, 2.75) is 19.8 Å². The standard InChI is InChI=1S/C14H17N5O/c1-11-4-3-7-18(8-11)14(20)12-5-2-6-16-13(12)19-10-15-9-17-19/h2,5-6,9-11H,3-4,7-8H2,1H3/t11-/m0/s1. The maximum Gasteiger partial charge on any atom is 0.257 e. The van der Waals surface area contributed by atoms with Crippen molar-refractivity contribution in [2.75, 3.05) is 13.1 Å². The van der Waals surface area contributed by atoms with Crippen LogP contribution < -0.4 is 0 Å². The van der Waals surface area contributed by atoms with Crippen LogP contribution in [0.15, 0.2) is 31.0 Å². The summed E-state index contributed by atoms with van der Waals surface area (Å²) in [5.41, 5.74) is 0.576. The van der Waals surface area contributed by atoms with Crippen LogP contribution in [0.1, 0.15) is 30.1 Å². The van der Waals surface area contributed by atoms with Gasteiger partial charge >= 0.3 is 0 Å². The molecule has 2 aromatic heterocycles. The molecule has 1 amide bonds. The molecule has 1 aliphatic rings. The van der Waals surface area contributed by atoms with E-state index in [1.54, 1.807) is 24.7 Å². The number of hydrogen-bond acceptors (Lipinski definition) is 4. The third-order valence-electron chi connectivity index (χ3n) is 3.60. The van der Waals surface area contributed by atoms with Crippen molar-refractivity contribution in [1.82, 2.24) is 24.6 Å². The number of likely N-dealkylation sites (tertiary alicyclic amines) is 1. The van der Waals surface area contributed by atoms with E-state index >= 15 is 0 Å². The number of aromatic nitrogens is 4. The van der Waals surface area contributed by atoms with Crippen LogP contribution in [0.3, 0.4) is 0 Å². The van der Waals surface area contributed by atoms with E-state index in [1.807, 2.05) is 4.90 Å². The molecule has 1 saturated heterocycles. The molecule has 20 heavy (non-hydrogen) atoms. The molecule has 1 aliphatic heterocycles. The SMILES string of the molecule is C[C@H]1CCCN(C(=O)c2cccnc2-n2cncn2)C1. The van der Waals surface area contributed by atoms with Crippen LogP contribution in [0.5, 0.6) is 0 Å². The number of rotatable bonds is 2. The molecule has 0 aliphatic carbocycles. The molecule has 0 N–H and O–H groups in total. The van der Waals surface area contributed by atoms with Crippen LogP contribution >= 0.6 is 0 Å². The highest BCUT2D eigenvalue weighted by Gasteiger charge is 2.24. The molecular weight excluding hydrogens is 254 g/mol. The van der Waals surface area contributed by atoms with Crippen LogP contribution in [-0.2, 0) is 0 Å². The lowest BCUT2D eigenvalue weighted by Crippen LogP contribution is -2.39. The van der Waals surface area contributed by atoms with Gasteiger partial charge in [-0.05, 0) is 30.9 Å². The highest BCUT2D eigenvalue weighted by molar-refractivity contribution is 5.97. The number of nitrogens with zero attached hydrogens (tertiary/aromatic N) is 5. The second kappa shape index (κ2) is 5.40. The lowest BCUT2D eigenvalue weighted by molar-refractivity contribution is 0.0682. The molecule has 6 nitrogen and oxygen atoms in total. The van der Waals surface area contributed by atoms with E-state index < -0.39 is 0 Å². The minimum Gasteiger partial charge on any atom is -0.338 e. The predicted molar refractivity (Wildman–Crippen MR) is 73.5 cm³/mol. The normalized spacial score (nSPS) is 19.1. The van der Waals surface area contributed by atoms with E-state index in [0.717, 1.165) is 19.5 Å². The van der Waals surface area contributed by atoms with Crippen molar-refractivity contribution in [3.63, 3.8) is 0 Å². The zero-order valence-corrected chi connectivity index (χ0v) is 11.4. The van der Waals surface area contributed by atoms with Crippen LogP contribution in [0.25, 0.3) is 5.82 Å². The molecule has 0 spiro atoms. The second-order valence-electron chi connectivity index (χ2n) is 5.21. The minimum atomic E-state index is 0.0233. The number of hydrogen-bond donors (Lipinski definition) is 0. The van der Waals surface area contributed by atoms with Crippen molar-refractivity contribution in [3.8, 4) is 5.82 Å². The van der Waals surface area contributed by atoms with E-state index in [4.69, 9.17) is 0 Å². The fourth-order valence-electron chi connectivity index (χ4n) is 2.61. The van der Waals surface area contributed by atoms with Crippen LogP contribution in [0.2, 0.25) is 0 Å². The van der Waals surface area contributed by atoms with Gasteiger partial charge < -0.3 is 4.90 Å². The molecule has 0 saturated carbocycles. The summed E-state index contributed by atoms with van der Waals surface area (Å²) in [6.07, 6.45) is 6.90. The highest BCUT2D eigenvalue weighted by atomic mass is 16.2. The number of pyridine rings is 1. The molecule has 6 heteroatoms. The van der Waals surface area contributed by atoms with Crippen molar-refractivity contribution in [2.24, 2.45) is 5.92 Å². The molecule has 1 atom stereocenters. The van der Waals surface area contributed by atoms with Crippen molar-refractivity contribution in [3.05, 3.63) is 36.5 Å². The van der Waals surface area contributed by atoms with Gasteiger partial charge in [-0.25, -0.2) is 14.6 Å². The summed E-state index contributed by atoms with van der Waals surface area (Å²) >= 11 is 0. The number of carbonyl (C=O) groups excluding carboxylic acids is 1. The van der Waals surface area contributed by atoms with Crippen molar-refractivity contribution in [1.29, 1.82) is 0 Å². The zero-order chi connectivity index (χ0) is 13.9. The van der Waals surface area contributed by atoms with E-state index in [0.29, 0.717) is 17.3 Å². The molecule has 0 unspecified atom stereocenters. The Labute approximate surface area is 117 Å². The Morgan fingerprint density at radius 1 is 1.45 bits per heavy atom. The average molecular weight is 271 g/mol. The Bertz CT molecular complexity index is 595. The van der Waals surface area contributed by atoms with Crippen molar-refractivity contribution < 1.29 is 4.79 Å². The average Bonchev–Trinajstić information content (AvgIpc) is 3.00. The summed E-state index contributed by atoms with van der Waals surface area (Å²) in [6, 6.07) is 3.58. The van der Waals surface area contributed by atoms with E-state index in [-0.39, 0.29) is 5.91 Å². The van der Waals surface area contributed by atoms with E-state index in [2.05, 4.69) is 22.0 Å². The molecule has 104 valence electrons. The largest absolute Gasteiger partial charge is 0.338 e. The fourth-order valence-corrected chi connectivity index (χ4v) is 2.61. The zero-order valence-electron chi connectivity index (χ0n) is 11.4. The smallest absolute Gasteiger partial charge is 0.257 e. The molecule has 3 heterocycles. The first-order valence-corrected chi connectivity index (χ1v) is 6.85. The first-order chi connectivity index (χ1) is 9.75. The first-order valence-electron chi connectivity index (χ1n) is 6.85. The lowest BCUT2D eigenvalue weighted by atomic mass is 9.99. The molecule has 2 aromatic rings. The topological polar surface area (TPSA) is 63.9 Å². The molecule has 3 rings (SSSR count). The second-order valence-corrected chi connectivity index (χ2v) is 5.21. The Morgan fingerprint density at radius 2 is 2.35 bits per heavy atom. The highest BCUT2D eigenvalue weighted by Crippen LogP contribution is 2.19. The predicted octanol–water partition coefficient (Wildman–Crippen LogP) is 1.53. The van der Waals surface area contributed by atoms with Gasteiger partial charge in [0.2, 0.25) is 0 Å². The first kappa shape index (κ1) is 12.8. The monoisotopic (exact) mass is 271 g/mol. The number of amides is 1. The summed E-state index contributed by atoms with van der Waals surface area (Å²) in [5, 5.41) is 4.06.